The summed E-state index contributed by atoms with van der Waals surface area (Å²) < 4.78 is 5.34. The van der Waals surface area contributed by atoms with Crippen LogP contribution in [-0.4, -0.2) is 40.5 Å². The highest BCUT2D eigenvalue weighted by atomic mass is 16.6. The molecular weight excluding hydrogens is 466 g/mol. The monoisotopic (exact) mass is 503 g/mol. The molecule has 0 aromatic heterocycles. The number of aryl methyl sites for hydroxylation is 2. The fourth-order valence-corrected chi connectivity index (χ4v) is 4.35. The molecule has 0 spiro atoms. The molecule has 7 heteroatoms. The summed E-state index contributed by atoms with van der Waals surface area (Å²) in [5, 5.41) is 5.70. The van der Waals surface area contributed by atoms with Crippen molar-refractivity contribution in [2.45, 2.75) is 78.6 Å². The van der Waals surface area contributed by atoms with E-state index >= 15 is 0 Å². The van der Waals surface area contributed by atoms with Crippen molar-refractivity contribution in [3.63, 3.8) is 0 Å². The van der Waals surface area contributed by atoms with Gasteiger partial charge in [0, 0.05) is 17.3 Å². The van der Waals surface area contributed by atoms with E-state index in [1.54, 1.807) is 56.9 Å². The van der Waals surface area contributed by atoms with Crippen LogP contribution in [0.3, 0.4) is 0 Å². The molecule has 7 nitrogen and oxygen atoms in total. The third kappa shape index (κ3) is 6.91. The Morgan fingerprint density at radius 1 is 1.08 bits per heavy atom. The first-order chi connectivity index (χ1) is 17.3. The molecule has 196 valence electrons. The standard InChI is InChI=1S/C30H37N3O4/c1-9-22-13-15-23(16-14-22)26(27(34)32-25-18(2)11-10-12-19(25)3)33(24-17-20(24)4)28(35)21(5)31-29(36)37-30(6,7)8/h1,10-16,20-21,24,26H,17H2,2-8H3,(H,31,36)(H,32,34). The van der Waals surface area contributed by atoms with E-state index < -0.39 is 23.8 Å². The predicted molar refractivity (Wildman–Crippen MR) is 145 cm³/mol. The molecule has 2 N–H and O–H groups in total. The number of para-hydroxylation sites is 1. The number of benzene rings is 2. The molecule has 4 atom stereocenters. The van der Waals surface area contributed by atoms with Crippen LogP contribution in [0.25, 0.3) is 0 Å². The van der Waals surface area contributed by atoms with Gasteiger partial charge in [-0.1, -0.05) is 43.2 Å². The van der Waals surface area contributed by atoms with Gasteiger partial charge in [0.1, 0.15) is 17.7 Å². The quantitative estimate of drug-likeness (QED) is 0.514. The maximum atomic E-state index is 13.9. The highest BCUT2D eigenvalue weighted by Crippen LogP contribution is 2.41. The zero-order chi connectivity index (χ0) is 27.5. The minimum Gasteiger partial charge on any atom is -0.444 e. The summed E-state index contributed by atoms with van der Waals surface area (Å²) in [4.78, 5) is 41.8. The predicted octanol–water partition coefficient (Wildman–Crippen LogP) is 5.11. The van der Waals surface area contributed by atoms with Crippen LogP contribution < -0.4 is 10.6 Å². The average molecular weight is 504 g/mol. The van der Waals surface area contributed by atoms with Gasteiger partial charge in [0.15, 0.2) is 0 Å². The van der Waals surface area contributed by atoms with Crippen molar-refractivity contribution in [2.75, 3.05) is 5.32 Å². The van der Waals surface area contributed by atoms with Crippen LogP contribution >= 0.6 is 0 Å². The van der Waals surface area contributed by atoms with Crippen molar-refractivity contribution < 1.29 is 19.1 Å². The zero-order valence-electron chi connectivity index (χ0n) is 22.7. The lowest BCUT2D eigenvalue weighted by atomic mass is 10.00. The molecule has 3 amide bonds. The maximum absolute atomic E-state index is 13.9. The Hall–Kier alpha value is -3.79. The Balaban J connectivity index is 1.99. The van der Waals surface area contributed by atoms with Crippen LogP contribution in [0.4, 0.5) is 10.5 Å². The van der Waals surface area contributed by atoms with Crippen molar-refractivity contribution in [1.29, 1.82) is 0 Å². The normalized spacial score (nSPS) is 18.1. The van der Waals surface area contributed by atoms with E-state index in [0.29, 0.717) is 16.8 Å². The molecule has 1 aliphatic rings. The van der Waals surface area contributed by atoms with Gasteiger partial charge in [0.2, 0.25) is 5.91 Å². The largest absolute Gasteiger partial charge is 0.444 e. The number of amides is 3. The lowest BCUT2D eigenvalue weighted by molar-refractivity contribution is -0.141. The molecule has 37 heavy (non-hydrogen) atoms. The summed E-state index contributed by atoms with van der Waals surface area (Å²) >= 11 is 0. The third-order valence-electron chi connectivity index (χ3n) is 6.43. The molecule has 1 saturated carbocycles. The molecule has 2 aromatic rings. The molecule has 1 aliphatic carbocycles. The number of nitrogens with zero attached hydrogens (tertiary/aromatic N) is 1. The zero-order valence-corrected chi connectivity index (χ0v) is 22.7. The summed E-state index contributed by atoms with van der Waals surface area (Å²) in [6.45, 7) is 12.8. The Bertz CT molecular complexity index is 1190. The van der Waals surface area contributed by atoms with E-state index in [9.17, 15) is 14.4 Å². The third-order valence-corrected chi connectivity index (χ3v) is 6.43. The van der Waals surface area contributed by atoms with Gasteiger partial charge in [0.05, 0.1) is 0 Å². The first-order valence-electron chi connectivity index (χ1n) is 12.6. The van der Waals surface area contributed by atoms with Gasteiger partial charge in [-0.2, -0.15) is 0 Å². The number of alkyl carbamates (subject to hydrolysis) is 1. The molecule has 0 saturated heterocycles. The van der Waals surface area contributed by atoms with Gasteiger partial charge in [0.25, 0.3) is 5.91 Å². The SMILES string of the molecule is C#Cc1ccc(C(C(=O)Nc2c(C)cccc2C)N(C(=O)C(C)NC(=O)OC(C)(C)C)C2CC2C)cc1. The molecule has 1 fully saturated rings. The summed E-state index contributed by atoms with van der Waals surface area (Å²) in [6.07, 6.45) is 5.62. The molecular formula is C30H37N3O4. The highest BCUT2D eigenvalue weighted by Gasteiger charge is 2.47. The summed E-state index contributed by atoms with van der Waals surface area (Å²) in [6, 6.07) is 10.9. The second-order valence-electron chi connectivity index (χ2n) is 10.8. The van der Waals surface area contributed by atoms with Crippen LogP contribution in [0.15, 0.2) is 42.5 Å². The smallest absolute Gasteiger partial charge is 0.408 e. The van der Waals surface area contributed by atoms with E-state index in [1.807, 2.05) is 39.0 Å². The molecule has 3 rings (SSSR count). The Morgan fingerprint density at radius 2 is 1.65 bits per heavy atom. The van der Waals surface area contributed by atoms with Gasteiger partial charge >= 0.3 is 6.09 Å². The van der Waals surface area contributed by atoms with Crippen LogP contribution in [0.5, 0.6) is 0 Å². The topological polar surface area (TPSA) is 87.7 Å². The van der Waals surface area contributed by atoms with Gasteiger partial charge in [-0.3, -0.25) is 9.59 Å². The van der Waals surface area contributed by atoms with E-state index in [0.717, 1.165) is 17.5 Å². The van der Waals surface area contributed by atoms with Crippen LogP contribution in [0, 0.1) is 32.1 Å². The first-order valence-corrected chi connectivity index (χ1v) is 12.6. The van der Waals surface area contributed by atoms with E-state index in [4.69, 9.17) is 11.2 Å². The summed E-state index contributed by atoms with van der Waals surface area (Å²) in [5.41, 5.74) is 3.17. The number of hydrogen-bond acceptors (Lipinski definition) is 4. The Kier molecular flexibility index (Phi) is 8.32. The number of anilines is 1. The lowest BCUT2D eigenvalue weighted by Gasteiger charge is -2.34. The first kappa shape index (κ1) is 27.8. The fraction of sp³-hybridized carbons (Fsp3) is 0.433. The Morgan fingerprint density at radius 3 is 2.14 bits per heavy atom. The number of nitrogens with one attached hydrogen (secondary N) is 2. The van der Waals surface area contributed by atoms with Crippen molar-refractivity contribution >= 4 is 23.6 Å². The molecule has 0 radical (unpaired) electrons. The number of ether oxygens (including phenoxy) is 1. The molecule has 0 heterocycles. The van der Waals surface area contributed by atoms with Crippen LogP contribution in [0.2, 0.25) is 0 Å². The molecule has 0 aliphatic heterocycles. The average Bonchev–Trinajstić information content (AvgIpc) is 3.53. The highest BCUT2D eigenvalue weighted by molar-refractivity contribution is 6.00. The van der Waals surface area contributed by atoms with Crippen LogP contribution in [0.1, 0.15) is 69.3 Å². The maximum Gasteiger partial charge on any atom is 0.408 e. The number of terminal acetylenes is 1. The lowest BCUT2D eigenvalue weighted by Crippen LogP contribution is -2.52. The van der Waals surface area contributed by atoms with Gasteiger partial charge in [-0.15, -0.1) is 6.42 Å². The number of carbonyl (C=O) groups is 3. The van der Waals surface area contributed by atoms with Gasteiger partial charge < -0.3 is 20.3 Å². The van der Waals surface area contributed by atoms with Gasteiger partial charge in [-0.25, -0.2) is 4.79 Å². The van der Waals surface area contributed by atoms with E-state index in [2.05, 4.69) is 16.6 Å². The second kappa shape index (κ2) is 11.1. The van der Waals surface area contributed by atoms with Crippen molar-refractivity contribution in [3.8, 4) is 12.3 Å². The van der Waals surface area contributed by atoms with Gasteiger partial charge in [-0.05, 0) is 82.7 Å². The summed E-state index contributed by atoms with van der Waals surface area (Å²) in [5.74, 6) is 2.12. The van der Waals surface area contributed by atoms with Crippen molar-refractivity contribution in [3.05, 3.63) is 64.7 Å². The number of rotatable bonds is 7. The van der Waals surface area contributed by atoms with E-state index in [-0.39, 0.29) is 23.8 Å². The number of carbonyl (C=O) groups excluding carboxylic acids is 3. The van der Waals surface area contributed by atoms with Crippen molar-refractivity contribution in [2.24, 2.45) is 5.92 Å². The minimum atomic E-state index is -0.920. The molecule has 2 aromatic carbocycles. The minimum absolute atomic E-state index is 0.142. The number of hydrogen-bond donors (Lipinski definition) is 2. The fourth-order valence-electron chi connectivity index (χ4n) is 4.35. The second-order valence-corrected chi connectivity index (χ2v) is 10.8. The summed E-state index contributed by atoms with van der Waals surface area (Å²) in [7, 11) is 0. The molecule has 4 unspecified atom stereocenters. The Labute approximate surface area is 220 Å². The van der Waals surface area contributed by atoms with Crippen LogP contribution in [-0.2, 0) is 14.3 Å². The van der Waals surface area contributed by atoms with Crippen molar-refractivity contribution in [1.82, 2.24) is 10.2 Å². The van der Waals surface area contributed by atoms with E-state index in [1.165, 1.54) is 0 Å². The molecule has 0 bridgehead atoms.